The molecule has 0 radical (unpaired) electrons. The fourth-order valence-corrected chi connectivity index (χ4v) is 1.66. The van der Waals surface area contributed by atoms with Crippen LogP contribution in [0.1, 0.15) is 16.7 Å². The van der Waals surface area contributed by atoms with Crippen LogP contribution in [0.3, 0.4) is 0 Å². The van der Waals surface area contributed by atoms with Gasteiger partial charge in [-0.25, -0.2) is 0 Å². The molecule has 0 saturated carbocycles. The van der Waals surface area contributed by atoms with Gasteiger partial charge in [-0.1, -0.05) is 29.4 Å². The summed E-state index contributed by atoms with van der Waals surface area (Å²) in [6.45, 7) is 0.367. The molecular formula is C16H14N2O2. The standard InChI is InChI=1S/C16H14N2O2/c1-19-16-7-3-6-15(9-16)12-20-18-11-14-5-2-4-13(8-14)10-17/h2-9,11H,12H2,1H3. The Morgan fingerprint density at radius 1 is 1.20 bits per heavy atom. The lowest BCUT2D eigenvalue weighted by Crippen LogP contribution is -1.90. The zero-order chi connectivity index (χ0) is 14.2. The van der Waals surface area contributed by atoms with E-state index in [1.54, 1.807) is 25.5 Å². The first kappa shape index (κ1) is 13.6. The van der Waals surface area contributed by atoms with Gasteiger partial charge in [-0.2, -0.15) is 5.26 Å². The minimum Gasteiger partial charge on any atom is -0.497 e. The molecule has 2 aromatic carbocycles. The normalized spacial score (nSPS) is 10.2. The maximum atomic E-state index is 8.79. The van der Waals surface area contributed by atoms with Gasteiger partial charge in [0.2, 0.25) is 0 Å². The molecule has 0 heterocycles. The van der Waals surface area contributed by atoms with Gasteiger partial charge in [0.15, 0.2) is 0 Å². The van der Waals surface area contributed by atoms with Gasteiger partial charge in [0.25, 0.3) is 0 Å². The molecule has 2 aromatic rings. The highest BCUT2D eigenvalue weighted by molar-refractivity contribution is 5.79. The number of nitriles is 1. The Morgan fingerprint density at radius 2 is 2.05 bits per heavy atom. The Bertz CT molecular complexity index is 645. The fraction of sp³-hybridized carbons (Fsp3) is 0.125. The maximum absolute atomic E-state index is 8.79. The second kappa shape index (κ2) is 6.95. The predicted molar refractivity (Wildman–Crippen MR) is 76.5 cm³/mol. The van der Waals surface area contributed by atoms with Gasteiger partial charge in [-0.15, -0.1) is 0 Å². The highest BCUT2D eigenvalue weighted by Gasteiger charge is 1.96. The van der Waals surface area contributed by atoms with Gasteiger partial charge < -0.3 is 9.57 Å². The van der Waals surface area contributed by atoms with E-state index in [1.165, 1.54) is 0 Å². The third-order valence-corrected chi connectivity index (χ3v) is 2.66. The molecule has 0 bridgehead atoms. The lowest BCUT2D eigenvalue weighted by atomic mass is 10.1. The molecule has 0 saturated heterocycles. The number of oxime groups is 1. The number of nitrogens with zero attached hydrogens (tertiary/aromatic N) is 2. The van der Waals surface area contributed by atoms with E-state index in [1.807, 2.05) is 36.4 Å². The van der Waals surface area contributed by atoms with Crippen molar-refractivity contribution in [3.8, 4) is 11.8 Å². The monoisotopic (exact) mass is 266 g/mol. The average Bonchev–Trinajstić information content (AvgIpc) is 2.52. The number of methoxy groups -OCH3 is 1. The summed E-state index contributed by atoms with van der Waals surface area (Å²) in [5, 5.41) is 12.7. The molecule has 0 atom stereocenters. The van der Waals surface area contributed by atoms with E-state index >= 15 is 0 Å². The average molecular weight is 266 g/mol. The summed E-state index contributed by atoms with van der Waals surface area (Å²) in [5.41, 5.74) is 2.41. The molecule has 0 fully saturated rings. The van der Waals surface area contributed by atoms with Crippen LogP contribution in [0.4, 0.5) is 0 Å². The topological polar surface area (TPSA) is 54.6 Å². The van der Waals surface area contributed by atoms with Crippen LogP contribution in [0.2, 0.25) is 0 Å². The molecule has 20 heavy (non-hydrogen) atoms. The minimum absolute atomic E-state index is 0.367. The smallest absolute Gasteiger partial charge is 0.142 e. The first-order chi connectivity index (χ1) is 9.81. The molecule has 4 nitrogen and oxygen atoms in total. The Labute approximate surface area is 117 Å². The summed E-state index contributed by atoms with van der Waals surface area (Å²) in [7, 11) is 1.63. The molecule has 0 aliphatic carbocycles. The van der Waals surface area contributed by atoms with E-state index in [0.717, 1.165) is 16.9 Å². The van der Waals surface area contributed by atoms with Gasteiger partial charge >= 0.3 is 0 Å². The molecule has 0 aliphatic rings. The lowest BCUT2D eigenvalue weighted by Gasteiger charge is -2.03. The van der Waals surface area contributed by atoms with E-state index in [-0.39, 0.29) is 0 Å². The third kappa shape index (κ3) is 3.85. The van der Waals surface area contributed by atoms with E-state index in [2.05, 4.69) is 11.2 Å². The molecule has 0 unspecified atom stereocenters. The second-order valence-corrected chi connectivity index (χ2v) is 4.10. The molecule has 0 amide bonds. The van der Waals surface area contributed by atoms with Gasteiger partial charge in [0.1, 0.15) is 12.4 Å². The van der Waals surface area contributed by atoms with Crippen molar-refractivity contribution in [1.29, 1.82) is 5.26 Å². The summed E-state index contributed by atoms with van der Waals surface area (Å²) in [6, 6.07) is 16.8. The summed E-state index contributed by atoms with van der Waals surface area (Å²) < 4.78 is 5.13. The second-order valence-electron chi connectivity index (χ2n) is 4.10. The summed E-state index contributed by atoms with van der Waals surface area (Å²) in [5.74, 6) is 0.789. The predicted octanol–water partition coefficient (Wildman–Crippen LogP) is 3.12. The van der Waals surface area contributed by atoms with E-state index in [4.69, 9.17) is 14.8 Å². The van der Waals surface area contributed by atoms with E-state index < -0.39 is 0 Å². The SMILES string of the molecule is COc1cccc(CON=Cc2cccc(C#N)c2)c1. The summed E-state index contributed by atoms with van der Waals surface area (Å²) >= 11 is 0. The maximum Gasteiger partial charge on any atom is 0.142 e. The number of benzene rings is 2. The highest BCUT2D eigenvalue weighted by Crippen LogP contribution is 2.13. The van der Waals surface area contributed by atoms with Crippen molar-refractivity contribution in [2.75, 3.05) is 7.11 Å². The molecule has 100 valence electrons. The molecule has 0 N–H and O–H groups in total. The van der Waals surface area contributed by atoms with Crippen molar-refractivity contribution in [3.05, 3.63) is 65.2 Å². The van der Waals surface area contributed by atoms with Crippen molar-refractivity contribution in [1.82, 2.24) is 0 Å². The van der Waals surface area contributed by atoms with Crippen LogP contribution in [0.5, 0.6) is 5.75 Å². The van der Waals surface area contributed by atoms with Crippen molar-refractivity contribution in [2.24, 2.45) is 5.16 Å². The van der Waals surface area contributed by atoms with Gasteiger partial charge in [-0.3, -0.25) is 0 Å². The molecule has 4 heteroatoms. The van der Waals surface area contributed by atoms with Crippen LogP contribution in [0.25, 0.3) is 0 Å². The zero-order valence-corrected chi connectivity index (χ0v) is 11.1. The Hall–Kier alpha value is -2.80. The van der Waals surface area contributed by atoms with Crippen molar-refractivity contribution in [3.63, 3.8) is 0 Å². The number of hydrogen-bond acceptors (Lipinski definition) is 4. The first-order valence-electron chi connectivity index (χ1n) is 6.10. The van der Waals surface area contributed by atoms with E-state index in [0.29, 0.717) is 12.2 Å². The molecule has 0 aromatic heterocycles. The quantitative estimate of drug-likeness (QED) is 0.617. The lowest BCUT2D eigenvalue weighted by molar-refractivity contribution is 0.132. The number of rotatable bonds is 5. The van der Waals surface area contributed by atoms with E-state index in [9.17, 15) is 0 Å². The van der Waals surface area contributed by atoms with Crippen LogP contribution >= 0.6 is 0 Å². The largest absolute Gasteiger partial charge is 0.497 e. The Morgan fingerprint density at radius 3 is 2.85 bits per heavy atom. The number of ether oxygens (including phenoxy) is 1. The van der Waals surface area contributed by atoms with Crippen molar-refractivity contribution >= 4 is 6.21 Å². The fourth-order valence-electron chi connectivity index (χ4n) is 1.66. The minimum atomic E-state index is 0.367. The van der Waals surface area contributed by atoms with Crippen molar-refractivity contribution in [2.45, 2.75) is 6.61 Å². The Kier molecular flexibility index (Phi) is 4.74. The van der Waals surface area contributed by atoms with Gasteiger partial charge in [0, 0.05) is 0 Å². The van der Waals surface area contributed by atoms with Gasteiger partial charge in [-0.05, 0) is 35.4 Å². The van der Waals surface area contributed by atoms with Crippen LogP contribution in [-0.4, -0.2) is 13.3 Å². The Balaban J connectivity index is 1.91. The zero-order valence-electron chi connectivity index (χ0n) is 11.1. The molecule has 0 spiro atoms. The van der Waals surface area contributed by atoms with Crippen molar-refractivity contribution < 1.29 is 9.57 Å². The van der Waals surface area contributed by atoms with Crippen LogP contribution < -0.4 is 4.74 Å². The highest BCUT2D eigenvalue weighted by atomic mass is 16.6. The van der Waals surface area contributed by atoms with Crippen LogP contribution in [-0.2, 0) is 11.4 Å². The van der Waals surface area contributed by atoms with Crippen LogP contribution in [0.15, 0.2) is 53.7 Å². The third-order valence-electron chi connectivity index (χ3n) is 2.66. The van der Waals surface area contributed by atoms with Gasteiger partial charge in [0.05, 0.1) is 25.0 Å². The molecule has 0 aliphatic heterocycles. The summed E-state index contributed by atoms with van der Waals surface area (Å²) in [6.07, 6.45) is 1.58. The summed E-state index contributed by atoms with van der Waals surface area (Å²) in [4.78, 5) is 5.23. The molecule has 2 rings (SSSR count). The first-order valence-corrected chi connectivity index (χ1v) is 6.10. The number of hydrogen-bond donors (Lipinski definition) is 0. The molecular weight excluding hydrogens is 252 g/mol. The van der Waals surface area contributed by atoms with Crippen LogP contribution in [0, 0.1) is 11.3 Å².